The van der Waals surface area contributed by atoms with Crippen LogP contribution in [-0.4, -0.2) is 29.1 Å². The molecule has 0 spiro atoms. The molecule has 0 saturated carbocycles. The molecule has 2 aromatic carbocycles. The number of carbonyl (C=O) groups excluding carboxylic acids is 2. The van der Waals surface area contributed by atoms with Gasteiger partial charge in [0, 0.05) is 12.0 Å². The van der Waals surface area contributed by atoms with Crippen molar-refractivity contribution in [2.24, 2.45) is 0 Å². The Kier molecular flexibility index (Phi) is 6.03. The van der Waals surface area contributed by atoms with Crippen LogP contribution in [0.5, 0.6) is 5.88 Å². The first kappa shape index (κ1) is 19.8. The average Bonchev–Trinajstić information content (AvgIpc) is 2.75. The quantitative estimate of drug-likeness (QED) is 0.507. The number of aromatic nitrogens is 2. The number of hydrogen-bond acceptors (Lipinski definition) is 6. The normalized spacial score (nSPS) is 10.4. The minimum absolute atomic E-state index is 0.00635. The van der Waals surface area contributed by atoms with E-state index in [9.17, 15) is 19.2 Å². The predicted molar refractivity (Wildman–Crippen MR) is 105 cm³/mol. The number of nitrogens with one attached hydrogen (secondary N) is 1. The maximum atomic E-state index is 13.1. The van der Waals surface area contributed by atoms with Crippen LogP contribution in [0.25, 0.3) is 0 Å². The van der Waals surface area contributed by atoms with E-state index in [0.29, 0.717) is 17.4 Å². The van der Waals surface area contributed by atoms with E-state index in [1.165, 1.54) is 0 Å². The summed E-state index contributed by atoms with van der Waals surface area (Å²) in [5, 5.41) is 0. The minimum Gasteiger partial charge on any atom is -0.437 e. The molecule has 0 aliphatic heterocycles. The second-order valence-electron chi connectivity index (χ2n) is 6.21. The highest BCUT2D eigenvalue weighted by Crippen LogP contribution is 2.15. The molecule has 0 bridgehead atoms. The molecule has 0 amide bonds. The maximum Gasteiger partial charge on any atom is 0.514 e. The SMILES string of the molecule is COC(=O)Oc1[nH]c(=O)n(Cc2ccc(C=O)cc2)c(=O)c1Cc1ccccc1. The summed E-state index contributed by atoms with van der Waals surface area (Å²) in [7, 11) is 1.13. The van der Waals surface area contributed by atoms with Gasteiger partial charge < -0.3 is 9.47 Å². The second-order valence-corrected chi connectivity index (χ2v) is 6.21. The number of methoxy groups -OCH3 is 1. The summed E-state index contributed by atoms with van der Waals surface area (Å²) < 4.78 is 10.5. The lowest BCUT2D eigenvalue weighted by Crippen LogP contribution is -2.38. The predicted octanol–water partition coefficient (Wildman–Crippen LogP) is 2.13. The van der Waals surface area contributed by atoms with Gasteiger partial charge in [-0.25, -0.2) is 9.59 Å². The Morgan fingerprint density at radius 2 is 1.72 bits per heavy atom. The number of ether oxygens (including phenoxy) is 2. The van der Waals surface area contributed by atoms with Crippen LogP contribution in [0.4, 0.5) is 4.79 Å². The zero-order valence-electron chi connectivity index (χ0n) is 15.6. The number of nitrogens with zero attached hydrogens (tertiary/aromatic N) is 1. The molecule has 3 aromatic rings. The zero-order valence-corrected chi connectivity index (χ0v) is 15.6. The highest BCUT2D eigenvalue weighted by Gasteiger charge is 2.19. The third-order valence-electron chi connectivity index (χ3n) is 4.28. The lowest BCUT2D eigenvalue weighted by atomic mass is 10.1. The highest BCUT2D eigenvalue weighted by molar-refractivity contribution is 5.74. The van der Waals surface area contributed by atoms with Crippen molar-refractivity contribution >= 4 is 12.4 Å². The Labute approximate surface area is 165 Å². The van der Waals surface area contributed by atoms with E-state index in [-0.39, 0.29) is 24.4 Å². The van der Waals surface area contributed by atoms with Gasteiger partial charge >= 0.3 is 11.8 Å². The van der Waals surface area contributed by atoms with Gasteiger partial charge in [0.05, 0.1) is 19.2 Å². The lowest BCUT2D eigenvalue weighted by Gasteiger charge is -2.12. The number of aldehydes is 1. The molecule has 0 radical (unpaired) electrons. The van der Waals surface area contributed by atoms with E-state index in [4.69, 9.17) is 4.74 Å². The fraction of sp³-hybridized carbons (Fsp3) is 0.143. The number of carbonyl (C=O) groups is 2. The number of rotatable bonds is 6. The molecule has 0 unspecified atom stereocenters. The third-order valence-corrected chi connectivity index (χ3v) is 4.28. The molecule has 3 rings (SSSR count). The summed E-state index contributed by atoms with van der Waals surface area (Å²) in [4.78, 5) is 50.3. The summed E-state index contributed by atoms with van der Waals surface area (Å²) in [5.74, 6) is -0.247. The van der Waals surface area contributed by atoms with E-state index in [0.717, 1.165) is 17.2 Å². The Hall–Kier alpha value is -3.94. The maximum absolute atomic E-state index is 13.1. The monoisotopic (exact) mass is 394 g/mol. The van der Waals surface area contributed by atoms with Gasteiger partial charge in [0.25, 0.3) is 5.56 Å². The van der Waals surface area contributed by atoms with E-state index in [2.05, 4.69) is 9.72 Å². The van der Waals surface area contributed by atoms with Crippen molar-refractivity contribution < 1.29 is 19.1 Å². The zero-order chi connectivity index (χ0) is 20.8. The fourth-order valence-corrected chi connectivity index (χ4v) is 2.79. The van der Waals surface area contributed by atoms with Gasteiger partial charge in [-0.05, 0) is 11.1 Å². The van der Waals surface area contributed by atoms with Crippen molar-refractivity contribution in [3.8, 4) is 5.88 Å². The van der Waals surface area contributed by atoms with Gasteiger partial charge in [-0.15, -0.1) is 0 Å². The summed E-state index contributed by atoms with van der Waals surface area (Å²) in [6.07, 6.45) is -0.191. The van der Waals surface area contributed by atoms with Gasteiger partial charge in [-0.3, -0.25) is 19.1 Å². The average molecular weight is 394 g/mol. The standard InChI is InChI=1S/C21H18N2O6/c1-28-21(27)29-18-17(11-14-5-3-2-4-6-14)19(25)23(20(26)22-18)12-15-7-9-16(13-24)10-8-15/h2-10,13H,11-12H2,1H3,(H,22,26). The first-order valence-corrected chi connectivity index (χ1v) is 8.71. The molecule has 1 N–H and O–H groups in total. The van der Waals surface area contributed by atoms with Crippen LogP contribution in [-0.2, 0) is 17.7 Å². The molecule has 0 atom stereocenters. The second kappa shape index (κ2) is 8.83. The van der Waals surface area contributed by atoms with Crippen LogP contribution >= 0.6 is 0 Å². The van der Waals surface area contributed by atoms with Crippen molar-refractivity contribution in [3.63, 3.8) is 0 Å². The largest absolute Gasteiger partial charge is 0.514 e. The van der Waals surface area contributed by atoms with Crippen molar-refractivity contribution in [2.75, 3.05) is 7.11 Å². The van der Waals surface area contributed by atoms with Gasteiger partial charge in [0.15, 0.2) is 0 Å². The van der Waals surface area contributed by atoms with Crippen molar-refractivity contribution in [3.05, 3.63) is 97.7 Å². The van der Waals surface area contributed by atoms with Gasteiger partial charge in [-0.1, -0.05) is 54.6 Å². The summed E-state index contributed by atoms with van der Waals surface area (Å²) in [6, 6.07) is 15.6. The smallest absolute Gasteiger partial charge is 0.437 e. The van der Waals surface area contributed by atoms with Crippen molar-refractivity contribution in [2.45, 2.75) is 13.0 Å². The molecule has 1 heterocycles. The molecular weight excluding hydrogens is 376 g/mol. The van der Waals surface area contributed by atoms with Crippen LogP contribution in [0.3, 0.4) is 0 Å². The molecule has 148 valence electrons. The van der Waals surface area contributed by atoms with Gasteiger partial charge in [0.2, 0.25) is 5.88 Å². The molecule has 8 nitrogen and oxygen atoms in total. The van der Waals surface area contributed by atoms with Crippen LogP contribution in [0.2, 0.25) is 0 Å². The Balaban J connectivity index is 2.05. The first-order valence-electron chi connectivity index (χ1n) is 8.71. The number of hydrogen-bond donors (Lipinski definition) is 1. The third kappa shape index (κ3) is 4.67. The van der Waals surface area contributed by atoms with E-state index in [1.54, 1.807) is 24.3 Å². The van der Waals surface area contributed by atoms with E-state index >= 15 is 0 Å². The van der Waals surface area contributed by atoms with Crippen molar-refractivity contribution in [1.29, 1.82) is 0 Å². The topological polar surface area (TPSA) is 107 Å². The fourth-order valence-electron chi connectivity index (χ4n) is 2.79. The molecule has 0 aliphatic rings. The number of benzene rings is 2. The van der Waals surface area contributed by atoms with E-state index < -0.39 is 17.4 Å². The molecular formula is C21H18N2O6. The Bertz CT molecular complexity index is 1130. The van der Waals surface area contributed by atoms with Gasteiger partial charge in [-0.2, -0.15) is 0 Å². The lowest BCUT2D eigenvalue weighted by molar-refractivity contribution is 0.112. The molecule has 8 heteroatoms. The minimum atomic E-state index is -1.04. The van der Waals surface area contributed by atoms with Crippen LogP contribution < -0.4 is 16.0 Å². The van der Waals surface area contributed by atoms with Crippen LogP contribution in [0.15, 0.2) is 64.2 Å². The molecule has 0 saturated heterocycles. The molecule has 1 aromatic heterocycles. The number of aromatic amines is 1. The molecule has 29 heavy (non-hydrogen) atoms. The van der Waals surface area contributed by atoms with Crippen LogP contribution in [0.1, 0.15) is 27.0 Å². The molecule has 0 aliphatic carbocycles. The van der Waals surface area contributed by atoms with E-state index in [1.807, 2.05) is 30.3 Å². The Morgan fingerprint density at radius 1 is 1.03 bits per heavy atom. The first-order chi connectivity index (χ1) is 14.0. The van der Waals surface area contributed by atoms with Gasteiger partial charge in [0.1, 0.15) is 6.29 Å². The summed E-state index contributed by atoms with van der Waals surface area (Å²) in [5.41, 5.74) is 0.747. The van der Waals surface area contributed by atoms with Crippen molar-refractivity contribution in [1.82, 2.24) is 9.55 Å². The van der Waals surface area contributed by atoms with Crippen LogP contribution in [0, 0.1) is 0 Å². The Morgan fingerprint density at radius 3 is 2.34 bits per heavy atom. The highest BCUT2D eigenvalue weighted by atomic mass is 16.7. The summed E-state index contributed by atoms with van der Waals surface area (Å²) in [6.45, 7) is -0.00635. The molecule has 0 fully saturated rings. The summed E-state index contributed by atoms with van der Waals surface area (Å²) >= 11 is 0. The number of H-pyrrole nitrogens is 1.